The third-order valence-corrected chi connectivity index (χ3v) is 5.80. The zero-order chi connectivity index (χ0) is 20.5. The van der Waals surface area contributed by atoms with E-state index in [2.05, 4.69) is 0 Å². The number of aliphatic carboxylic acids is 1. The summed E-state index contributed by atoms with van der Waals surface area (Å²) in [7, 11) is 1.59. The van der Waals surface area contributed by atoms with E-state index in [0.717, 1.165) is 11.1 Å². The van der Waals surface area contributed by atoms with E-state index in [4.69, 9.17) is 14.2 Å². The number of amides is 1. The van der Waals surface area contributed by atoms with Crippen molar-refractivity contribution in [2.24, 2.45) is 5.92 Å². The molecule has 0 saturated carbocycles. The van der Waals surface area contributed by atoms with Crippen LogP contribution in [0.1, 0.15) is 29.9 Å². The molecule has 7 heteroatoms. The van der Waals surface area contributed by atoms with Gasteiger partial charge in [0.2, 0.25) is 12.7 Å². The maximum Gasteiger partial charge on any atom is 0.307 e. The van der Waals surface area contributed by atoms with Crippen LogP contribution < -0.4 is 14.2 Å². The molecule has 0 aromatic heterocycles. The molecule has 1 N–H and O–H groups in total. The molecule has 2 aliphatic rings. The summed E-state index contributed by atoms with van der Waals surface area (Å²) in [6.45, 7) is 2.38. The van der Waals surface area contributed by atoms with Crippen LogP contribution in [-0.4, -0.2) is 48.9 Å². The number of ether oxygens (including phenoxy) is 3. The molecule has 152 valence electrons. The summed E-state index contributed by atoms with van der Waals surface area (Å²) in [4.78, 5) is 26.3. The predicted molar refractivity (Wildman–Crippen MR) is 104 cm³/mol. The van der Waals surface area contributed by atoms with Gasteiger partial charge >= 0.3 is 5.97 Å². The second-order valence-electron chi connectivity index (χ2n) is 7.39. The van der Waals surface area contributed by atoms with Crippen LogP contribution in [-0.2, 0) is 9.59 Å². The van der Waals surface area contributed by atoms with Gasteiger partial charge in [-0.2, -0.15) is 0 Å². The molecule has 2 heterocycles. The molecule has 0 bridgehead atoms. The summed E-state index contributed by atoms with van der Waals surface area (Å²) in [5.41, 5.74) is 1.70. The second kappa shape index (κ2) is 7.66. The Bertz CT molecular complexity index is 925. The van der Waals surface area contributed by atoms with Crippen molar-refractivity contribution in [3.8, 4) is 17.2 Å². The van der Waals surface area contributed by atoms with Crippen molar-refractivity contribution < 1.29 is 28.9 Å². The average Bonchev–Trinajstić information content (AvgIpc) is 3.20. The van der Waals surface area contributed by atoms with Gasteiger partial charge in [-0.05, 0) is 35.4 Å². The Kier molecular flexibility index (Phi) is 5.05. The first-order valence-electron chi connectivity index (χ1n) is 9.49. The van der Waals surface area contributed by atoms with Gasteiger partial charge in [0.15, 0.2) is 11.5 Å². The number of likely N-dealkylation sites (tertiary alicyclic amines) is 1. The topological polar surface area (TPSA) is 85.3 Å². The van der Waals surface area contributed by atoms with Crippen LogP contribution in [0.3, 0.4) is 0 Å². The van der Waals surface area contributed by atoms with Gasteiger partial charge in [0.1, 0.15) is 5.75 Å². The number of rotatable bonds is 4. The highest BCUT2D eigenvalue weighted by molar-refractivity contribution is 5.77. The highest BCUT2D eigenvalue weighted by Gasteiger charge is 2.43. The van der Waals surface area contributed by atoms with E-state index in [-0.39, 0.29) is 24.5 Å². The predicted octanol–water partition coefficient (Wildman–Crippen LogP) is 2.85. The Morgan fingerprint density at radius 3 is 2.24 bits per heavy atom. The molecule has 1 fully saturated rings. The van der Waals surface area contributed by atoms with Gasteiger partial charge in [-0.15, -0.1) is 0 Å². The number of hydrogen-bond donors (Lipinski definition) is 1. The smallest absolute Gasteiger partial charge is 0.307 e. The molecule has 7 nitrogen and oxygen atoms in total. The summed E-state index contributed by atoms with van der Waals surface area (Å²) >= 11 is 0. The van der Waals surface area contributed by atoms with Crippen molar-refractivity contribution in [1.82, 2.24) is 4.90 Å². The molecule has 1 saturated heterocycles. The van der Waals surface area contributed by atoms with Crippen LogP contribution in [0.15, 0.2) is 42.5 Å². The lowest BCUT2D eigenvalue weighted by molar-refractivity contribution is -0.147. The van der Waals surface area contributed by atoms with Crippen LogP contribution >= 0.6 is 0 Å². The summed E-state index contributed by atoms with van der Waals surface area (Å²) in [5, 5.41) is 10.1. The SMILES string of the molecule is COc1ccc(C2CN(C(C)=O)CC(c3ccc4c(c3)OCO4)C2C(=O)O)cc1. The molecule has 0 spiro atoms. The fourth-order valence-electron chi connectivity index (χ4n) is 4.28. The Morgan fingerprint density at radius 2 is 1.62 bits per heavy atom. The first-order valence-corrected chi connectivity index (χ1v) is 9.49. The van der Waals surface area contributed by atoms with Crippen molar-refractivity contribution in [3.05, 3.63) is 53.6 Å². The fourth-order valence-corrected chi connectivity index (χ4v) is 4.28. The minimum atomic E-state index is -0.878. The molecular weight excluding hydrogens is 374 g/mol. The van der Waals surface area contributed by atoms with Crippen LogP contribution in [0.2, 0.25) is 0 Å². The van der Waals surface area contributed by atoms with Crippen LogP contribution in [0.5, 0.6) is 17.2 Å². The molecule has 3 unspecified atom stereocenters. The minimum Gasteiger partial charge on any atom is -0.497 e. The maximum atomic E-state index is 12.4. The third-order valence-electron chi connectivity index (χ3n) is 5.80. The van der Waals surface area contributed by atoms with E-state index in [1.54, 1.807) is 18.1 Å². The normalized spacial score (nSPS) is 23.0. The zero-order valence-electron chi connectivity index (χ0n) is 16.3. The number of benzene rings is 2. The second-order valence-corrected chi connectivity index (χ2v) is 7.39. The van der Waals surface area contributed by atoms with Gasteiger partial charge in [0.25, 0.3) is 0 Å². The summed E-state index contributed by atoms with van der Waals surface area (Å²) in [5.74, 6) is -0.390. The van der Waals surface area contributed by atoms with Gasteiger partial charge in [0.05, 0.1) is 13.0 Å². The molecule has 1 amide bonds. The van der Waals surface area contributed by atoms with Gasteiger partial charge in [-0.3, -0.25) is 9.59 Å². The Hall–Kier alpha value is -3.22. The van der Waals surface area contributed by atoms with E-state index in [9.17, 15) is 14.7 Å². The van der Waals surface area contributed by atoms with E-state index >= 15 is 0 Å². The van der Waals surface area contributed by atoms with Crippen molar-refractivity contribution >= 4 is 11.9 Å². The number of nitrogens with zero attached hydrogens (tertiary/aromatic N) is 1. The molecule has 3 atom stereocenters. The van der Waals surface area contributed by atoms with E-state index in [0.29, 0.717) is 30.3 Å². The van der Waals surface area contributed by atoms with Crippen molar-refractivity contribution in [2.75, 3.05) is 27.0 Å². The molecule has 0 radical (unpaired) electrons. The van der Waals surface area contributed by atoms with Gasteiger partial charge < -0.3 is 24.2 Å². The molecule has 2 aromatic rings. The largest absolute Gasteiger partial charge is 0.497 e. The van der Waals surface area contributed by atoms with Crippen LogP contribution in [0, 0.1) is 5.92 Å². The molecule has 2 aliphatic heterocycles. The number of methoxy groups -OCH3 is 1. The number of piperidine rings is 1. The lowest BCUT2D eigenvalue weighted by atomic mass is 9.71. The number of hydrogen-bond acceptors (Lipinski definition) is 5. The van der Waals surface area contributed by atoms with Crippen molar-refractivity contribution in [2.45, 2.75) is 18.8 Å². The lowest BCUT2D eigenvalue weighted by Gasteiger charge is -2.42. The number of fused-ring (bicyclic) bond motifs is 1. The summed E-state index contributed by atoms with van der Waals surface area (Å²) < 4.78 is 16.1. The summed E-state index contributed by atoms with van der Waals surface area (Å²) in [6.07, 6.45) is 0. The molecule has 29 heavy (non-hydrogen) atoms. The number of carboxylic acids is 1. The average molecular weight is 397 g/mol. The number of carbonyl (C=O) groups excluding carboxylic acids is 1. The molecule has 2 aromatic carbocycles. The fraction of sp³-hybridized carbons (Fsp3) is 0.364. The van der Waals surface area contributed by atoms with E-state index in [1.165, 1.54) is 6.92 Å². The number of carboxylic acid groups (broad SMARTS) is 1. The molecular formula is C22H23NO6. The highest BCUT2D eigenvalue weighted by atomic mass is 16.7. The standard InChI is InChI=1S/C22H23NO6/c1-13(24)23-10-17(14-3-6-16(27-2)7-4-14)21(22(25)26)18(11-23)15-5-8-19-20(9-15)29-12-28-19/h3-9,17-18,21H,10-12H2,1-2H3,(H,25,26). The molecule has 4 rings (SSSR count). The Morgan fingerprint density at radius 1 is 1.00 bits per heavy atom. The first-order chi connectivity index (χ1) is 14.0. The Balaban J connectivity index is 1.75. The number of carbonyl (C=O) groups is 2. The van der Waals surface area contributed by atoms with E-state index in [1.807, 2.05) is 36.4 Å². The van der Waals surface area contributed by atoms with Gasteiger partial charge in [0, 0.05) is 31.8 Å². The maximum absolute atomic E-state index is 12.4. The highest BCUT2D eigenvalue weighted by Crippen LogP contribution is 2.44. The van der Waals surface area contributed by atoms with Crippen molar-refractivity contribution in [1.29, 1.82) is 0 Å². The zero-order valence-corrected chi connectivity index (χ0v) is 16.3. The quantitative estimate of drug-likeness (QED) is 0.854. The first kappa shape index (κ1) is 19.1. The summed E-state index contributed by atoms with van der Waals surface area (Å²) in [6, 6.07) is 12.9. The monoisotopic (exact) mass is 397 g/mol. The van der Waals surface area contributed by atoms with Gasteiger partial charge in [-0.1, -0.05) is 18.2 Å². The lowest BCUT2D eigenvalue weighted by Crippen LogP contribution is -2.48. The van der Waals surface area contributed by atoms with Crippen molar-refractivity contribution in [3.63, 3.8) is 0 Å². The third kappa shape index (κ3) is 3.60. The van der Waals surface area contributed by atoms with Crippen LogP contribution in [0.25, 0.3) is 0 Å². The molecule has 0 aliphatic carbocycles. The minimum absolute atomic E-state index is 0.0712. The Labute approximate surface area is 168 Å². The van der Waals surface area contributed by atoms with Gasteiger partial charge in [-0.25, -0.2) is 0 Å². The van der Waals surface area contributed by atoms with E-state index < -0.39 is 11.9 Å². The van der Waals surface area contributed by atoms with Crippen LogP contribution in [0.4, 0.5) is 0 Å².